The number of nitrogens with one attached hydrogen (secondary N) is 2. The summed E-state index contributed by atoms with van der Waals surface area (Å²) in [7, 11) is -0.140. The van der Waals surface area contributed by atoms with Crippen molar-refractivity contribution in [3.63, 3.8) is 0 Å². The van der Waals surface area contributed by atoms with Crippen molar-refractivity contribution < 1.29 is 13.2 Å². The second-order valence-corrected chi connectivity index (χ2v) is 7.16. The fourth-order valence-electron chi connectivity index (χ4n) is 2.08. The van der Waals surface area contributed by atoms with Crippen LogP contribution in [0.2, 0.25) is 0 Å². The van der Waals surface area contributed by atoms with Crippen LogP contribution in [-0.4, -0.2) is 35.0 Å². The molecule has 0 saturated carbocycles. The Hall–Kier alpha value is -2.89. The van der Waals surface area contributed by atoms with E-state index in [9.17, 15) is 13.2 Å². The second-order valence-electron chi connectivity index (χ2n) is 5.42. The van der Waals surface area contributed by atoms with E-state index in [2.05, 4.69) is 10.0 Å². The monoisotopic (exact) mass is 358 g/mol. The van der Waals surface area contributed by atoms with Gasteiger partial charge in [-0.15, -0.1) is 0 Å². The summed E-state index contributed by atoms with van der Waals surface area (Å²) in [5, 5.41) is 11.6. The third-order valence-corrected chi connectivity index (χ3v) is 4.85. The Kier molecular flexibility index (Phi) is 5.75. The quantitative estimate of drug-likeness (QED) is 0.815. The minimum absolute atomic E-state index is 0.0229. The topological polar surface area (TPSA) is 102 Å². The van der Waals surface area contributed by atoms with E-state index in [0.717, 1.165) is 5.69 Å². The largest absolute Gasteiger partial charge is 0.378 e. The van der Waals surface area contributed by atoms with Crippen LogP contribution < -0.4 is 14.9 Å². The van der Waals surface area contributed by atoms with Crippen LogP contribution in [0.3, 0.4) is 0 Å². The van der Waals surface area contributed by atoms with E-state index in [1.54, 1.807) is 18.2 Å². The highest BCUT2D eigenvalue weighted by Crippen LogP contribution is 2.16. The lowest BCUT2D eigenvalue weighted by Gasteiger charge is -2.13. The number of carbonyl (C=O) groups is 1. The molecule has 0 aromatic heterocycles. The summed E-state index contributed by atoms with van der Waals surface area (Å²) >= 11 is 0. The van der Waals surface area contributed by atoms with E-state index in [0.29, 0.717) is 5.69 Å². The lowest BCUT2D eigenvalue weighted by molar-refractivity contribution is -0.115. The summed E-state index contributed by atoms with van der Waals surface area (Å²) in [6.45, 7) is -0.433. The summed E-state index contributed by atoms with van der Waals surface area (Å²) in [6.07, 6.45) is 0. The third kappa shape index (κ3) is 4.79. The Morgan fingerprint density at radius 1 is 1.12 bits per heavy atom. The molecule has 0 bridgehead atoms. The fourth-order valence-corrected chi connectivity index (χ4v) is 3.22. The number of sulfonamides is 1. The molecular weight excluding hydrogens is 340 g/mol. The molecule has 0 unspecified atom stereocenters. The molecule has 0 atom stereocenters. The zero-order valence-electron chi connectivity index (χ0n) is 13.9. The number of benzene rings is 2. The molecular formula is C17H18N4O3S. The second kappa shape index (κ2) is 7.79. The summed E-state index contributed by atoms with van der Waals surface area (Å²) in [6, 6.07) is 14.8. The smallest absolute Gasteiger partial charge is 0.242 e. The van der Waals surface area contributed by atoms with E-state index in [1.165, 1.54) is 18.2 Å². The normalized spacial score (nSPS) is 10.8. The van der Waals surface area contributed by atoms with Crippen LogP contribution in [0.5, 0.6) is 0 Å². The molecule has 2 rings (SSSR count). The molecule has 7 nitrogen and oxygen atoms in total. The van der Waals surface area contributed by atoms with E-state index in [4.69, 9.17) is 5.26 Å². The van der Waals surface area contributed by atoms with Crippen LogP contribution in [0.1, 0.15) is 5.56 Å². The van der Waals surface area contributed by atoms with Gasteiger partial charge in [0.2, 0.25) is 15.9 Å². The Balaban J connectivity index is 2.00. The molecule has 130 valence electrons. The first-order chi connectivity index (χ1) is 11.8. The van der Waals surface area contributed by atoms with E-state index in [-0.39, 0.29) is 10.5 Å². The summed E-state index contributed by atoms with van der Waals surface area (Å²) in [5.74, 6) is -0.504. The predicted molar refractivity (Wildman–Crippen MR) is 95.7 cm³/mol. The molecule has 0 radical (unpaired) electrons. The SMILES string of the molecule is CN(C)c1ccc(NC(=O)CNS(=O)(=O)c2ccccc2C#N)cc1. The van der Waals surface area contributed by atoms with Crippen LogP contribution in [0.4, 0.5) is 11.4 Å². The average Bonchev–Trinajstić information content (AvgIpc) is 2.60. The lowest BCUT2D eigenvalue weighted by Crippen LogP contribution is -2.33. The van der Waals surface area contributed by atoms with Crippen molar-refractivity contribution in [2.75, 3.05) is 30.9 Å². The molecule has 0 aliphatic heterocycles. The van der Waals surface area contributed by atoms with Gasteiger partial charge in [0.05, 0.1) is 17.0 Å². The first kappa shape index (κ1) is 18.4. The molecule has 0 saturated heterocycles. The molecule has 0 aliphatic carbocycles. The summed E-state index contributed by atoms with van der Waals surface area (Å²) < 4.78 is 26.7. The van der Waals surface area contributed by atoms with Crippen LogP contribution in [0, 0.1) is 11.3 Å². The molecule has 0 aliphatic rings. The molecule has 0 spiro atoms. The third-order valence-electron chi connectivity index (χ3n) is 3.39. The van der Waals surface area contributed by atoms with Gasteiger partial charge >= 0.3 is 0 Å². The Labute approximate surface area is 146 Å². The Morgan fingerprint density at radius 2 is 1.76 bits per heavy atom. The average molecular weight is 358 g/mol. The van der Waals surface area contributed by atoms with E-state index < -0.39 is 22.5 Å². The fraction of sp³-hybridized carbons (Fsp3) is 0.176. The van der Waals surface area contributed by atoms with Gasteiger partial charge in [0.1, 0.15) is 6.07 Å². The number of anilines is 2. The van der Waals surface area contributed by atoms with Gasteiger partial charge in [-0.2, -0.15) is 5.26 Å². The van der Waals surface area contributed by atoms with Gasteiger partial charge in [-0.3, -0.25) is 4.79 Å². The Bertz CT molecular complexity index is 900. The van der Waals surface area contributed by atoms with Crippen molar-refractivity contribution in [2.24, 2.45) is 0 Å². The minimum Gasteiger partial charge on any atom is -0.378 e. The van der Waals surface area contributed by atoms with Crippen LogP contribution in [-0.2, 0) is 14.8 Å². The lowest BCUT2D eigenvalue weighted by atomic mass is 10.2. The van der Waals surface area contributed by atoms with Gasteiger partial charge in [0, 0.05) is 25.5 Å². The van der Waals surface area contributed by atoms with E-state index in [1.807, 2.05) is 37.2 Å². The van der Waals surface area contributed by atoms with Gasteiger partial charge in [-0.25, -0.2) is 13.1 Å². The highest BCUT2D eigenvalue weighted by molar-refractivity contribution is 7.89. The highest BCUT2D eigenvalue weighted by atomic mass is 32.2. The molecule has 2 aromatic carbocycles. The zero-order chi connectivity index (χ0) is 18.4. The molecule has 0 heterocycles. The van der Waals surface area contributed by atoms with Crippen LogP contribution >= 0.6 is 0 Å². The maximum atomic E-state index is 12.2. The Morgan fingerprint density at radius 3 is 2.36 bits per heavy atom. The first-order valence-electron chi connectivity index (χ1n) is 7.39. The molecule has 8 heteroatoms. The number of rotatable bonds is 6. The maximum Gasteiger partial charge on any atom is 0.242 e. The highest BCUT2D eigenvalue weighted by Gasteiger charge is 2.19. The molecule has 0 fully saturated rings. The van der Waals surface area contributed by atoms with Crippen molar-refractivity contribution in [3.8, 4) is 6.07 Å². The van der Waals surface area contributed by atoms with Gasteiger partial charge in [-0.1, -0.05) is 12.1 Å². The van der Waals surface area contributed by atoms with Gasteiger partial charge in [0.15, 0.2) is 0 Å². The number of hydrogen-bond donors (Lipinski definition) is 2. The molecule has 2 N–H and O–H groups in total. The number of carbonyl (C=O) groups excluding carboxylic acids is 1. The summed E-state index contributed by atoms with van der Waals surface area (Å²) in [5.41, 5.74) is 1.56. The maximum absolute atomic E-state index is 12.2. The van der Waals surface area contributed by atoms with Gasteiger partial charge in [-0.05, 0) is 36.4 Å². The minimum atomic E-state index is -3.95. The zero-order valence-corrected chi connectivity index (χ0v) is 14.7. The standard InChI is InChI=1S/C17H18N4O3S/c1-21(2)15-9-7-14(8-10-15)20-17(22)12-19-25(23,24)16-6-4-3-5-13(16)11-18/h3-10,19H,12H2,1-2H3,(H,20,22). The number of nitrogens with zero attached hydrogens (tertiary/aromatic N) is 2. The predicted octanol–water partition coefficient (Wildman–Crippen LogP) is 1.54. The van der Waals surface area contributed by atoms with Crippen LogP contribution in [0.25, 0.3) is 0 Å². The van der Waals surface area contributed by atoms with E-state index >= 15 is 0 Å². The number of hydrogen-bond acceptors (Lipinski definition) is 5. The van der Waals surface area contributed by atoms with Gasteiger partial charge < -0.3 is 10.2 Å². The molecule has 2 aromatic rings. The van der Waals surface area contributed by atoms with Gasteiger partial charge in [0.25, 0.3) is 0 Å². The molecule has 25 heavy (non-hydrogen) atoms. The van der Waals surface area contributed by atoms with Crippen molar-refractivity contribution in [1.82, 2.24) is 4.72 Å². The first-order valence-corrected chi connectivity index (χ1v) is 8.88. The number of nitriles is 1. The van der Waals surface area contributed by atoms with Crippen molar-refractivity contribution >= 4 is 27.3 Å². The van der Waals surface area contributed by atoms with Crippen LogP contribution in [0.15, 0.2) is 53.4 Å². The van der Waals surface area contributed by atoms with Crippen molar-refractivity contribution in [3.05, 3.63) is 54.1 Å². The van der Waals surface area contributed by atoms with Crippen molar-refractivity contribution in [1.29, 1.82) is 5.26 Å². The summed E-state index contributed by atoms with van der Waals surface area (Å²) in [4.78, 5) is 13.7. The molecule has 1 amide bonds. The van der Waals surface area contributed by atoms with Crippen molar-refractivity contribution in [2.45, 2.75) is 4.90 Å². The number of amides is 1.